The second-order valence-corrected chi connectivity index (χ2v) is 4.73. The standard InChI is InChI=1S/C14H17NO4/c1-10-3-5-11(6-4-10)7-15-12(16)14(8-19-9-14)13(17)18-2/h3-6H,7-9H2,1-2H3,(H,15,16). The molecule has 5 heteroatoms. The van der Waals surface area contributed by atoms with Crippen LogP contribution in [0.4, 0.5) is 0 Å². The maximum absolute atomic E-state index is 12.1. The molecule has 1 aliphatic heterocycles. The zero-order valence-corrected chi connectivity index (χ0v) is 11.1. The lowest BCUT2D eigenvalue weighted by Gasteiger charge is -2.36. The molecule has 19 heavy (non-hydrogen) atoms. The van der Waals surface area contributed by atoms with Crippen molar-refractivity contribution in [1.29, 1.82) is 0 Å². The van der Waals surface area contributed by atoms with Gasteiger partial charge in [-0.15, -0.1) is 0 Å². The Morgan fingerprint density at radius 2 is 1.95 bits per heavy atom. The van der Waals surface area contributed by atoms with Crippen LogP contribution in [-0.2, 0) is 25.6 Å². The summed E-state index contributed by atoms with van der Waals surface area (Å²) in [5.41, 5.74) is 0.979. The van der Waals surface area contributed by atoms with Crippen molar-refractivity contribution in [2.24, 2.45) is 5.41 Å². The van der Waals surface area contributed by atoms with E-state index in [-0.39, 0.29) is 19.1 Å². The van der Waals surface area contributed by atoms with Gasteiger partial charge >= 0.3 is 5.97 Å². The summed E-state index contributed by atoms with van der Waals surface area (Å²) in [5.74, 6) is -0.883. The number of ether oxygens (including phenoxy) is 2. The van der Waals surface area contributed by atoms with Crippen molar-refractivity contribution in [2.45, 2.75) is 13.5 Å². The second kappa shape index (κ2) is 5.40. The Bertz CT molecular complexity index is 477. The Kier molecular flexibility index (Phi) is 3.85. The number of amides is 1. The van der Waals surface area contributed by atoms with E-state index in [4.69, 9.17) is 4.74 Å². The van der Waals surface area contributed by atoms with E-state index in [0.29, 0.717) is 6.54 Å². The summed E-state index contributed by atoms with van der Waals surface area (Å²) < 4.78 is 9.66. The topological polar surface area (TPSA) is 64.6 Å². The van der Waals surface area contributed by atoms with E-state index in [0.717, 1.165) is 11.1 Å². The Morgan fingerprint density at radius 1 is 1.32 bits per heavy atom. The Labute approximate surface area is 111 Å². The number of rotatable bonds is 4. The number of aryl methyl sites for hydroxylation is 1. The fourth-order valence-corrected chi connectivity index (χ4v) is 1.90. The van der Waals surface area contributed by atoms with Crippen molar-refractivity contribution in [3.8, 4) is 0 Å². The molecule has 1 aromatic carbocycles. The Hall–Kier alpha value is -1.88. The highest BCUT2D eigenvalue weighted by Crippen LogP contribution is 2.29. The molecule has 1 heterocycles. The number of hydrogen-bond donors (Lipinski definition) is 1. The summed E-state index contributed by atoms with van der Waals surface area (Å²) >= 11 is 0. The van der Waals surface area contributed by atoms with Crippen molar-refractivity contribution < 1.29 is 19.1 Å². The van der Waals surface area contributed by atoms with Gasteiger partial charge in [0.1, 0.15) is 0 Å². The maximum atomic E-state index is 12.1. The first-order chi connectivity index (χ1) is 9.08. The lowest BCUT2D eigenvalue weighted by atomic mass is 9.85. The van der Waals surface area contributed by atoms with Gasteiger partial charge in [0.05, 0.1) is 20.3 Å². The second-order valence-electron chi connectivity index (χ2n) is 4.73. The maximum Gasteiger partial charge on any atom is 0.326 e. The van der Waals surface area contributed by atoms with Crippen LogP contribution in [0.25, 0.3) is 0 Å². The van der Waals surface area contributed by atoms with E-state index >= 15 is 0 Å². The lowest BCUT2D eigenvalue weighted by Crippen LogP contribution is -2.59. The molecule has 2 rings (SSSR count). The summed E-state index contributed by atoms with van der Waals surface area (Å²) in [6.07, 6.45) is 0. The molecule has 0 spiro atoms. The third kappa shape index (κ3) is 2.61. The van der Waals surface area contributed by atoms with Gasteiger partial charge in [0.15, 0.2) is 5.41 Å². The van der Waals surface area contributed by atoms with Crippen LogP contribution >= 0.6 is 0 Å². The average molecular weight is 263 g/mol. The minimum absolute atomic E-state index is 0.0827. The van der Waals surface area contributed by atoms with Crippen molar-refractivity contribution in [1.82, 2.24) is 5.32 Å². The molecule has 0 aliphatic carbocycles. The van der Waals surface area contributed by atoms with Crippen LogP contribution in [0.5, 0.6) is 0 Å². The molecule has 102 valence electrons. The van der Waals surface area contributed by atoms with Crippen molar-refractivity contribution in [3.05, 3.63) is 35.4 Å². The third-order valence-corrected chi connectivity index (χ3v) is 3.28. The SMILES string of the molecule is COC(=O)C1(C(=O)NCc2ccc(C)cc2)COC1. The third-order valence-electron chi connectivity index (χ3n) is 3.28. The number of methoxy groups -OCH3 is 1. The van der Waals surface area contributed by atoms with Crippen LogP contribution in [0, 0.1) is 12.3 Å². The average Bonchev–Trinajstić information content (AvgIpc) is 2.36. The molecule has 1 aromatic rings. The molecule has 0 unspecified atom stereocenters. The van der Waals surface area contributed by atoms with Gasteiger partial charge in [0, 0.05) is 6.54 Å². The first-order valence-corrected chi connectivity index (χ1v) is 6.08. The first kappa shape index (κ1) is 13.5. The van der Waals surface area contributed by atoms with E-state index in [1.165, 1.54) is 7.11 Å². The Morgan fingerprint density at radius 3 is 2.42 bits per heavy atom. The van der Waals surface area contributed by atoms with Crippen LogP contribution in [0.3, 0.4) is 0 Å². The minimum Gasteiger partial charge on any atom is -0.468 e. The van der Waals surface area contributed by atoms with Crippen LogP contribution in [-0.4, -0.2) is 32.2 Å². The fraction of sp³-hybridized carbons (Fsp3) is 0.429. The van der Waals surface area contributed by atoms with E-state index < -0.39 is 11.4 Å². The molecule has 1 fully saturated rings. The first-order valence-electron chi connectivity index (χ1n) is 6.08. The van der Waals surface area contributed by atoms with Crippen molar-refractivity contribution >= 4 is 11.9 Å². The fourth-order valence-electron chi connectivity index (χ4n) is 1.90. The smallest absolute Gasteiger partial charge is 0.326 e. The van der Waals surface area contributed by atoms with Gasteiger partial charge < -0.3 is 14.8 Å². The molecule has 0 aromatic heterocycles. The lowest BCUT2D eigenvalue weighted by molar-refractivity contribution is -0.188. The van der Waals surface area contributed by atoms with E-state index in [9.17, 15) is 9.59 Å². The van der Waals surface area contributed by atoms with Gasteiger partial charge in [-0.3, -0.25) is 9.59 Å². The van der Waals surface area contributed by atoms with Crippen LogP contribution < -0.4 is 5.32 Å². The van der Waals surface area contributed by atoms with E-state index in [1.807, 2.05) is 31.2 Å². The summed E-state index contributed by atoms with van der Waals surface area (Å²) in [6, 6.07) is 7.84. The number of esters is 1. The highest BCUT2D eigenvalue weighted by atomic mass is 16.5. The quantitative estimate of drug-likeness (QED) is 0.644. The number of benzene rings is 1. The number of nitrogens with one attached hydrogen (secondary N) is 1. The molecule has 1 saturated heterocycles. The monoisotopic (exact) mass is 263 g/mol. The molecule has 1 N–H and O–H groups in total. The molecule has 1 amide bonds. The molecule has 0 radical (unpaired) electrons. The molecule has 0 atom stereocenters. The summed E-state index contributed by atoms with van der Waals surface area (Å²) in [6.45, 7) is 2.55. The van der Waals surface area contributed by atoms with Gasteiger partial charge in [-0.2, -0.15) is 0 Å². The van der Waals surface area contributed by atoms with E-state index in [2.05, 4.69) is 10.1 Å². The molecular formula is C14H17NO4. The molecular weight excluding hydrogens is 246 g/mol. The van der Waals surface area contributed by atoms with Crippen molar-refractivity contribution in [2.75, 3.05) is 20.3 Å². The number of carbonyl (C=O) groups is 2. The minimum atomic E-state index is -1.17. The number of hydrogen-bond acceptors (Lipinski definition) is 4. The van der Waals surface area contributed by atoms with Crippen LogP contribution in [0.1, 0.15) is 11.1 Å². The predicted molar refractivity (Wildman–Crippen MR) is 68.3 cm³/mol. The van der Waals surface area contributed by atoms with E-state index in [1.54, 1.807) is 0 Å². The van der Waals surface area contributed by atoms with Crippen molar-refractivity contribution in [3.63, 3.8) is 0 Å². The van der Waals surface area contributed by atoms with Crippen LogP contribution in [0.15, 0.2) is 24.3 Å². The van der Waals surface area contributed by atoms with Gasteiger partial charge in [0.25, 0.3) is 0 Å². The summed E-state index contributed by atoms with van der Waals surface area (Å²) in [7, 11) is 1.27. The molecule has 0 bridgehead atoms. The van der Waals surface area contributed by atoms with Gasteiger partial charge in [0.2, 0.25) is 5.91 Å². The van der Waals surface area contributed by atoms with Crippen LogP contribution in [0.2, 0.25) is 0 Å². The highest BCUT2D eigenvalue weighted by molar-refractivity contribution is 6.03. The number of carbonyl (C=O) groups excluding carboxylic acids is 2. The Balaban J connectivity index is 1.97. The van der Waals surface area contributed by atoms with Gasteiger partial charge in [-0.25, -0.2) is 0 Å². The van der Waals surface area contributed by atoms with Gasteiger partial charge in [-0.05, 0) is 12.5 Å². The summed E-state index contributed by atoms with van der Waals surface area (Å²) in [5, 5.41) is 2.76. The zero-order chi connectivity index (χ0) is 13.9. The molecule has 5 nitrogen and oxygen atoms in total. The largest absolute Gasteiger partial charge is 0.468 e. The summed E-state index contributed by atoms with van der Waals surface area (Å²) in [4.78, 5) is 23.7. The zero-order valence-electron chi connectivity index (χ0n) is 11.1. The predicted octanol–water partition coefficient (Wildman–Crippen LogP) is 0.801. The normalized spacial score (nSPS) is 16.3. The molecule has 0 saturated carbocycles. The molecule has 1 aliphatic rings. The highest BCUT2D eigenvalue weighted by Gasteiger charge is 2.53. The van der Waals surface area contributed by atoms with Gasteiger partial charge in [-0.1, -0.05) is 29.8 Å².